The van der Waals surface area contributed by atoms with Gasteiger partial charge in [0.25, 0.3) is 0 Å². The van der Waals surface area contributed by atoms with E-state index in [1.54, 1.807) is 42.5 Å². The molecular weight excluding hydrogens is 361 g/mol. The van der Waals surface area contributed by atoms with Crippen LogP contribution in [0.5, 0.6) is 0 Å². The predicted octanol–water partition coefficient (Wildman–Crippen LogP) is 2.85. The average Bonchev–Trinajstić information content (AvgIpc) is 2.35. The van der Waals surface area contributed by atoms with Crippen LogP contribution in [0.1, 0.15) is 5.56 Å². The molecule has 0 unspecified atom stereocenters. The van der Waals surface area contributed by atoms with Crippen molar-refractivity contribution in [1.29, 1.82) is 0 Å². The summed E-state index contributed by atoms with van der Waals surface area (Å²) in [6.45, 7) is 0. The van der Waals surface area contributed by atoms with Gasteiger partial charge in [0.05, 0.1) is 10.6 Å². The highest BCUT2D eigenvalue weighted by Gasteiger charge is 2.16. The number of hydrogen-bond acceptors (Lipinski definition) is 3. The molecule has 0 saturated carbocycles. The summed E-state index contributed by atoms with van der Waals surface area (Å²) in [6, 6.07) is 13.8. The third-order valence-electron chi connectivity index (χ3n) is 2.55. The van der Waals surface area contributed by atoms with E-state index in [-0.39, 0.29) is 5.75 Å². The van der Waals surface area contributed by atoms with Crippen molar-refractivity contribution in [3.8, 4) is 0 Å². The van der Waals surface area contributed by atoms with Gasteiger partial charge in [0.2, 0.25) is 0 Å². The maximum atomic E-state index is 12.2. The first-order chi connectivity index (χ1) is 8.49. The zero-order chi connectivity index (χ0) is 13.2. The molecule has 0 atom stereocenters. The number of nitrogen functional groups attached to an aromatic ring is 1. The summed E-state index contributed by atoms with van der Waals surface area (Å²) >= 11 is 2.14. The summed E-state index contributed by atoms with van der Waals surface area (Å²) in [5.41, 5.74) is 6.96. The smallest absolute Gasteiger partial charge is 0.182 e. The maximum absolute atomic E-state index is 12.2. The highest BCUT2D eigenvalue weighted by molar-refractivity contribution is 14.1. The Morgan fingerprint density at radius 2 is 1.72 bits per heavy atom. The van der Waals surface area contributed by atoms with Gasteiger partial charge in [-0.2, -0.15) is 0 Å². The van der Waals surface area contributed by atoms with Crippen LogP contribution in [-0.2, 0) is 15.6 Å². The van der Waals surface area contributed by atoms with Crippen LogP contribution in [0.4, 0.5) is 5.69 Å². The lowest BCUT2D eigenvalue weighted by molar-refractivity contribution is 0.595. The van der Waals surface area contributed by atoms with Gasteiger partial charge in [0.1, 0.15) is 0 Å². The molecule has 0 bridgehead atoms. The number of rotatable bonds is 3. The first kappa shape index (κ1) is 13.4. The van der Waals surface area contributed by atoms with Gasteiger partial charge in [-0.3, -0.25) is 0 Å². The quantitative estimate of drug-likeness (QED) is 0.665. The van der Waals surface area contributed by atoms with Gasteiger partial charge < -0.3 is 5.73 Å². The van der Waals surface area contributed by atoms with Crippen molar-refractivity contribution in [2.75, 3.05) is 5.73 Å². The summed E-state index contributed by atoms with van der Waals surface area (Å²) in [6.07, 6.45) is 0. The molecule has 94 valence electrons. The Labute approximate surface area is 120 Å². The average molecular weight is 373 g/mol. The monoisotopic (exact) mass is 373 g/mol. The highest BCUT2D eigenvalue weighted by atomic mass is 127. The van der Waals surface area contributed by atoms with Crippen LogP contribution in [0.25, 0.3) is 0 Å². The zero-order valence-corrected chi connectivity index (χ0v) is 12.5. The van der Waals surface area contributed by atoms with Crippen LogP contribution >= 0.6 is 22.6 Å². The van der Waals surface area contributed by atoms with Crippen molar-refractivity contribution >= 4 is 38.1 Å². The summed E-state index contributed by atoms with van der Waals surface area (Å²) in [4.78, 5) is 0.322. The first-order valence-electron chi connectivity index (χ1n) is 5.31. The van der Waals surface area contributed by atoms with Crippen LogP contribution in [0.3, 0.4) is 0 Å². The molecule has 18 heavy (non-hydrogen) atoms. The molecule has 2 aromatic carbocycles. The fraction of sp³-hybridized carbons (Fsp3) is 0.0769. The molecule has 0 amide bonds. The van der Waals surface area contributed by atoms with Crippen LogP contribution in [0, 0.1) is 3.57 Å². The van der Waals surface area contributed by atoms with Crippen molar-refractivity contribution in [2.24, 2.45) is 0 Å². The number of benzene rings is 2. The van der Waals surface area contributed by atoms with Gasteiger partial charge in [-0.05, 0) is 58.5 Å². The minimum absolute atomic E-state index is 0.0698. The lowest BCUT2D eigenvalue weighted by Crippen LogP contribution is -2.07. The molecule has 0 saturated heterocycles. The van der Waals surface area contributed by atoms with Crippen LogP contribution < -0.4 is 5.73 Å². The largest absolute Gasteiger partial charge is 0.398 e. The van der Waals surface area contributed by atoms with Gasteiger partial charge in [0, 0.05) is 9.26 Å². The molecule has 0 heterocycles. The fourth-order valence-electron chi connectivity index (χ4n) is 1.62. The van der Waals surface area contributed by atoms with Crippen LogP contribution in [0.2, 0.25) is 0 Å². The Balaban J connectivity index is 2.37. The van der Waals surface area contributed by atoms with Crippen molar-refractivity contribution < 1.29 is 8.42 Å². The van der Waals surface area contributed by atoms with Crippen molar-refractivity contribution in [3.63, 3.8) is 0 Å². The standard InChI is InChI=1S/C13H12INO2S/c14-11-6-7-13(15)10(8-11)9-18(16,17)12-4-2-1-3-5-12/h1-8H,9,15H2. The predicted molar refractivity (Wildman–Crippen MR) is 80.9 cm³/mol. The lowest BCUT2D eigenvalue weighted by atomic mass is 10.2. The number of halogens is 1. The molecule has 0 aliphatic heterocycles. The van der Waals surface area contributed by atoms with Crippen molar-refractivity contribution in [2.45, 2.75) is 10.6 Å². The minimum atomic E-state index is -3.34. The van der Waals surface area contributed by atoms with E-state index in [9.17, 15) is 8.42 Å². The lowest BCUT2D eigenvalue weighted by Gasteiger charge is -2.07. The second-order valence-electron chi connectivity index (χ2n) is 3.92. The SMILES string of the molecule is Nc1ccc(I)cc1CS(=O)(=O)c1ccccc1. The molecule has 5 heteroatoms. The Kier molecular flexibility index (Phi) is 3.91. The number of sulfone groups is 1. The van der Waals surface area contributed by atoms with E-state index in [1.165, 1.54) is 0 Å². The van der Waals surface area contributed by atoms with Crippen molar-refractivity contribution in [1.82, 2.24) is 0 Å². The number of nitrogens with two attached hydrogens (primary N) is 1. The summed E-state index contributed by atoms with van der Waals surface area (Å²) in [5, 5.41) is 0. The fourth-order valence-corrected chi connectivity index (χ4v) is 3.57. The van der Waals surface area contributed by atoms with Gasteiger partial charge in [-0.1, -0.05) is 18.2 Å². The number of anilines is 1. The Hall–Kier alpha value is -1.08. The molecule has 0 aliphatic carbocycles. The third kappa shape index (κ3) is 3.02. The van der Waals surface area contributed by atoms with E-state index in [0.29, 0.717) is 16.1 Å². The second kappa shape index (κ2) is 5.27. The minimum Gasteiger partial charge on any atom is -0.398 e. The van der Waals surface area contributed by atoms with Gasteiger partial charge in [-0.15, -0.1) is 0 Å². The summed E-state index contributed by atoms with van der Waals surface area (Å²) in [7, 11) is -3.34. The van der Waals surface area contributed by atoms with E-state index in [0.717, 1.165) is 3.57 Å². The molecule has 0 radical (unpaired) electrons. The van der Waals surface area contributed by atoms with E-state index < -0.39 is 9.84 Å². The van der Waals surface area contributed by atoms with E-state index >= 15 is 0 Å². The van der Waals surface area contributed by atoms with Gasteiger partial charge in [0.15, 0.2) is 9.84 Å². The molecule has 3 nitrogen and oxygen atoms in total. The molecule has 2 rings (SSSR count). The summed E-state index contributed by atoms with van der Waals surface area (Å²) < 4.78 is 25.4. The first-order valence-corrected chi connectivity index (χ1v) is 8.04. The molecule has 0 aliphatic rings. The zero-order valence-electron chi connectivity index (χ0n) is 9.51. The Morgan fingerprint density at radius 3 is 2.39 bits per heavy atom. The normalized spacial score (nSPS) is 11.4. The van der Waals surface area contributed by atoms with E-state index in [1.807, 2.05) is 6.07 Å². The Bertz CT molecular complexity index is 654. The molecule has 2 N–H and O–H groups in total. The molecule has 0 aromatic heterocycles. The summed E-state index contributed by atoms with van der Waals surface area (Å²) in [5.74, 6) is -0.0698. The topological polar surface area (TPSA) is 60.2 Å². The van der Waals surface area contributed by atoms with Crippen LogP contribution in [-0.4, -0.2) is 8.42 Å². The van der Waals surface area contributed by atoms with E-state index in [4.69, 9.17) is 5.73 Å². The molecule has 0 spiro atoms. The maximum Gasteiger partial charge on any atom is 0.182 e. The van der Waals surface area contributed by atoms with Gasteiger partial charge >= 0.3 is 0 Å². The molecule has 2 aromatic rings. The Morgan fingerprint density at radius 1 is 1.06 bits per heavy atom. The third-order valence-corrected chi connectivity index (χ3v) is 4.91. The van der Waals surface area contributed by atoms with Crippen molar-refractivity contribution in [3.05, 3.63) is 57.7 Å². The van der Waals surface area contributed by atoms with Crippen LogP contribution in [0.15, 0.2) is 53.4 Å². The van der Waals surface area contributed by atoms with E-state index in [2.05, 4.69) is 22.6 Å². The number of hydrogen-bond donors (Lipinski definition) is 1. The molecule has 0 fully saturated rings. The van der Waals surface area contributed by atoms with Gasteiger partial charge in [-0.25, -0.2) is 8.42 Å². The second-order valence-corrected chi connectivity index (χ2v) is 7.15. The highest BCUT2D eigenvalue weighted by Crippen LogP contribution is 2.22. The molecular formula is C13H12INO2S.